The van der Waals surface area contributed by atoms with Crippen molar-refractivity contribution < 1.29 is 0 Å². The summed E-state index contributed by atoms with van der Waals surface area (Å²) in [7, 11) is 0. The fourth-order valence-corrected chi connectivity index (χ4v) is 11.1. The molecule has 11 aromatic carbocycles. The summed E-state index contributed by atoms with van der Waals surface area (Å²) < 4.78 is 2.43. The molecule has 0 saturated heterocycles. The second kappa shape index (κ2) is 15.3. The molecule has 67 heavy (non-hydrogen) atoms. The average molecular weight is 855 g/mol. The molecule has 0 aliphatic heterocycles. The molecule has 0 radical (unpaired) electrons. The third-order valence-corrected chi connectivity index (χ3v) is 14.4. The highest BCUT2D eigenvalue weighted by Gasteiger charge is 2.36. The Labute approximate surface area is 391 Å². The van der Waals surface area contributed by atoms with Gasteiger partial charge < -0.3 is 9.47 Å². The maximum absolute atomic E-state index is 2.46. The SMILES string of the molecule is CC1(C)c2ccccc2-c2ccc(N(c3ccc(-c4cccc(-c5ccc6c(c5)c5ccccc5n6-c5cccc6ccccc56)c4)cc3)c3ccc(-c4ccccc4)c4ccccc34)cc21. The number of nitrogens with zero attached hydrogens (tertiary/aromatic N) is 2. The molecule has 0 bridgehead atoms. The highest BCUT2D eigenvalue weighted by molar-refractivity contribution is 6.12. The van der Waals surface area contributed by atoms with Crippen LogP contribution in [-0.2, 0) is 5.41 Å². The van der Waals surface area contributed by atoms with Gasteiger partial charge in [0.1, 0.15) is 0 Å². The van der Waals surface area contributed by atoms with E-state index in [-0.39, 0.29) is 5.41 Å². The van der Waals surface area contributed by atoms with Gasteiger partial charge in [-0.05, 0) is 127 Å². The van der Waals surface area contributed by atoms with Crippen molar-refractivity contribution in [3.63, 3.8) is 0 Å². The Morgan fingerprint density at radius 3 is 1.76 bits per heavy atom. The van der Waals surface area contributed by atoms with Crippen LogP contribution in [0.3, 0.4) is 0 Å². The number of anilines is 3. The molecule has 2 heteroatoms. The zero-order chi connectivity index (χ0) is 44.6. The van der Waals surface area contributed by atoms with E-state index in [0.717, 1.165) is 17.1 Å². The van der Waals surface area contributed by atoms with Gasteiger partial charge in [0.25, 0.3) is 0 Å². The van der Waals surface area contributed by atoms with E-state index in [2.05, 4.69) is 266 Å². The van der Waals surface area contributed by atoms with Crippen LogP contribution < -0.4 is 4.90 Å². The summed E-state index contributed by atoms with van der Waals surface area (Å²) in [6.45, 7) is 4.73. The van der Waals surface area contributed by atoms with Crippen molar-refractivity contribution in [2.45, 2.75) is 19.3 Å². The van der Waals surface area contributed by atoms with Gasteiger partial charge in [0.05, 0.1) is 22.4 Å². The minimum absolute atomic E-state index is 0.125. The average Bonchev–Trinajstić information content (AvgIpc) is 3.84. The quantitative estimate of drug-likeness (QED) is 0.155. The number of para-hydroxylation sites is 1. The molecular weight excluding hydrogens is 809 g/mol. The van der Waals surface area contributed by atoms with Gasteiger partial charge in [-0.3, -0.25) is 0 Å². The standard InChI is InChI=1S/C65H46N2/c1-65(2)59-27-12-10-24-54(59)55-36-35-50(42-60(55)65)66(63-39-37-51(44-16-4-3-5-17-44)53-23-8-9-25-56(53)63)49-33-30-43(31-34-49)46-20-14-21-47(40-46)48-32-38-64-58(41-48)57-26-11-13-28-62(57)67(64)61-29-15-19-45-18-6-7-22-52(45)61/h3-42H,1-2H3. The summed E-state index contributed by atoms with van der Waals surface area (Å²) in [5.74, 6) is 0. The summed E-state index contributed by atoms with van der Waals surface area (Å²) in [5, 5.41) is 7.43. The van der Waals surface area contributed by atoms with Gasteiger partial charge in [0.15, 0.2) is 0 Å². The Kier molecular flexibility index (Phi) is 8.91. The summed E-state index contributed by atoms with van der Waals surface area (Å²) in [6.07, 6.45) is 0. The molecule has 1 aliphatic carbocycles. The van der Waals surface area contributed by atoms with E-state index in [1.807, 2.05) is 0 Å². The first-order valence-electron chi connectivity index (χ1n) is 23.3. The fraction of sp³-hybridized carbons (Fsp3) is 0.0462. The van der Waals surface area contributed by atoms with E-state index in [9.17, 15) is 0 Å². The molecule has 13 rings (SSSR count). The second-order valence-electron chi connectivity index (χ2n) is 18.5. The van der Waals surface area contributed by atoms with Gasteiger partial charge in [0.2, 0.25) is 0 Å². The van der Waals surface area contributed by atoms with Crippen LogP contribution in [0.4, 0.5) is 17.1 Å². The lowest BCUT2D eigenvalue weighted by Crippen LogP contribution is -2.16. The molecule has 0 spiro atoms. The molecule has 2 nitrogen and oxygen atoms in total. The Balaban J connectivity index is 0.908. The lowest BCUT2D eigenvalue weighted by atomic mass is 9.82. The number of hydrogen-bond acceptors (Lipinski definition) is 1. The molecule has 12 aromatic rings. The summed E-state index contributed by atoms with van der Waals surface area (Å²) in [5.41, 5.74) is 19.5. The van der Waals surface area contributed by atoms with Gasteiger partial charge in [0, 0.05) is 38.3 Å². The highest BCUT2D eigenvalue weighted by Crippen LogP contribution is 2.51. The molecule has 0 atom stereocenters. The maximum Gasteiger partial charge on any atom is 0.0541 e. The Bertz CT molecular complexity index is 3890. The summed E-state index contributed by atoms with van der Waals surface area (Å²) in [6, 6.07) is 89.4. The van der Waals surface area contributed by atoms with Crippen LogP contribution in [0, 0.1) is 0 Å². The van der Waals surface area contributed by atoms with Crippen LogP contribution in [0.15, 0.2) is 243 Å². The van der Waals surface area contributed by atoms with Crippen molar-refractivity contribution in [1.82, 2.24) is 4.57 Å². The smallest absolute Gasteiger partial charge is 0.0541 e. The molecule has 0 saturated carbocycles. The molecule has 1 aliphatic rings. The van der Waals surface area contributed by atoms with Crippen molar-refractivity contribution in [3.8, 4) is 50.2 Å². The van der Waals surface area contributed by atoms with Crippen LogP contribution in [0.2, 0.25) is 0 Å². The lowest BCUT2D eigenvalue weighted by Gasteiger charge is -2.29. The Hall–Kier alpha value is -8.46. The Morgan fingerprint density at radius 2 is 0.910 bits per heavy atom. The molecule has 0 unspecified atom stereocenters. The minimum Gasteiger partial charge on any atom is -0.310 e. The predicted octanol–water partition coefficient (Wildman–Crippen LogP) is 17.9. The first-order valence-corrected chi connectivity index (χ1v) is 23.3. The second-order valence-corrected chi connectivity index (χ2v) is 18.5. The van der Waals surface area contributed by atoms with Crippen LogP contribution >= 0.6 is 0 Å². The van der Waals surface area contributed by atoms with Crippen molar-refractivity contribution in [3.05, 3.63) is 254 Å². The summed E-state index contributed by atoms with van der Waals surface area (Å²) >= 11 is 0. The first kappa shape index (κ1) is 39.0. The maximum atomic E-state index is 2.46. The molecule has 0 fully saturated rings. The molecular formula is C65H46N2. The number of fused-ring (bicyclic) bond motifs is 8. The number of aromatic nitrogens is 1. The third kappa shape index (κ3) is 6.25. The van der Waals surface area contributed by atoms with Crippen LogP contribution in [0.1, 0.15) is 25.0 Å². The molecule has 1 heterocycles. The fourth-order valence-electron chi connectivity index (χ4n) is 11.1. The van der Waals surface area contributed by atoms with E-state index in [1.54, 1.807) is 0 Å². The van der Waals surface area contributed by atoms with E-state index < -0.39 is 0 Å². The van der Waals surface area contributed by atoms with E-state index in [1.165, 1.54) is 105 Å². The van der Waals surface area contributed by atoms with Crippen molar-refractivity contribution >= 4 is 60.4 Å². The normalized spacial score (nSPS) is 12.7. The van der Waals surface area contributed by atoms with Crippen LogP contribution in [-0.4, -0.2) is 4.57 Å². The molecule has 0 N–H and O–H groups in total. The first-order chi connectivity index (χ1) is 33.0. The zero-order valence-corrected chi connectivity index (χ0v) is 37.5. The lowest BCUT2D eigenvalue weighted by molar-refractivity contribution is 0.660. The van der Waals surface area contributed by atoms with E-state index >= 15 is 0 Å². The number of hydrogen-bond donors (Lipinski definition) is 0. The van der Waals surface area contributed by atoms with Crippen LogP contribution in [0.25, 0.3) is 93.5 Å². The number of benzene rings is 11. The number of rotatable bonds is 7. The topological polar surface area (TPSA) is 8.17 Å². The summed E-state index contributed by atoms with van der Waals surface area (Å²) in [4.78, 5) is 2.46. The largest absolute Gasteiger partial charge is 0.310 e. The van der Waals surface area contributed by atoms with E-state index in [4.69, 9.17) is 0 Å². The van der Waals surface area contributed by atoms with Crippen molar-refractivity contribution in [1.29, 1.82) is 0 Å². The zero-order valence-electron chi connectivity index (χ0n) is 37.5. The third-order valence-electron chi connectivity index (χ3n) is 14.4. The molecule has 1 aromatic heterocycles. The van der Waals surface area contributed by atoms with Gasteiger partial charge >= 0.3 is 0 Å². The van der Waals surface area contributed by atoms with Crippen molar-refractivity contribution in [2.24, 2.45) is 0 Å². The Morgan fingerprint density at radius 1 is 0.328 bits per heavy atom. The van der Waals surface area contributed by atoms with Gasteiger partial charge in [-0.25, -0.2) is 0 Å². The van der Waals surface area contributed by atoms with Gasteiger partial charge in [-0.1, -0.05) is 196 Å². The highest BCUT2D eigenvalue weighted by atomic mass is 15.1. The molecule has 0 amide bonds. The predicted molar refractivity (Wildman–Crippen MR) is 284 cm³/mol. The van der Waals surface area contributed by atoms with Gasteiger partial charge in [-0.15, -0.1) is 0 Å². The minimum atomic E-state index is -0.125. The monoisotopic (exact) mass is 854 g/mol. The van der Waals surface area contributed by atoms with E-state index in [0.29, 0.717) is 0 Å². The van der Waals surface area contributed by atoms with Crippen LogP contribution in [0.5, 0.6) is 0 Å². The molecule has 316 valence electrons. The van der Waals surface area contributed by atoms with Gasteiger partial charge in [-0.2, -0.15) is 0 Å². The van der Waals surface area contributed by atoms with Crippen molar-refractivity contribution in [2.75, 3.05) is 4.90 Å².